The van der Waals surface area contributed by atoms with Gasteiger partial charge in [0.25, 0.3) is 5.91 Å². The fourth-order valence-electron chi connectivity index (χ4n) is 3.27. The maximum atomic E-state index is 12.5. The number of rotatable bonds is 4. The molecule has 1 unspecified atom stereocenters. The van der Waals surface area contributed by atoms with Crippen LogP contribution in [0.4, 0.5) is 10.2 Å². The van der Waals surface area contributed by atoms with Gasteiger partial charge in [0.2, 0.25) is 5.89 Å². The number of nitrogens with one attached hydrogen (secondary N) is 1. The summed E-state index contributed by atoms with van der Waals surface area (Å²) >= 11 is 2.95. The van der Waals surface area contributed by atoms with E-state index in [2.05, 4.69) is 15.3 Å². The summed E-state index contributed by atoms with van der Waals surface area (Å²) in [5.74, 6) is 0.841. The van der Waals surface area contributed by atoms with E-state index in [1.807, 2.05) is 6.92 Å². The van der Waals surface area contributed by atoms with Crippen molar-refractivity contribution in [2.24, 2.45) is 16.6 Å². The number of alkyl halides is 1. The average molecular weight is 411 g/mol. The minimum atomic E-state index is -0.867. The topological polar surface area (TPSA) is 116 Å². The number of halogens is 1. The third-order valence-corrected chi connectivity index (χ3v) is 6.60. The molecule has 2 aliphatic heterocycles. The van der Waals surface area contributed by atoms with Crippen LogP contribution in [0.25, 0.3) is 0 Å². The number of thioether (sulfide) groups is 1. The second-order valence-corrected chi connectivity index (χ2v) is 8.39. The van der Waals surface area contributed by atoms with Crippen molar-refractivity contribution in [3.05, 3.63) is 28.2 Å². The first kappa shape index (κ1) is 18.4. The van der Waals surface area contributed by atoms with Gasteiger partial charge in [-0.05, 0) is 13.3 Å². The van der Waals surface area contributed by atoms with E-state index in [-0.39, 0.29) is 23.6 Å². The van der Waals surface area contributed by atoms with Crippen LogP contribution < -0.4 is 11.1 Å². The van der Waals surface area contributed by atoms with Gasteiger partial charge in [0.15, 0.2) is 17.5 Å². The minimum absolute atomic E-state index is 0.000559. The van der Waals surface area contributed by atoms with Crippen molar-refractivity contribution in [2.75, 3.05) is 17.7 Å². The van der Waals surface area contributed by atoms with E-state index in [4.69, 9.17) is 19.9 Å². The molecule has 2 aromatic rings. The molecule has 1 amide bonds. The molecule has 0 spiro atoms. The molecule has 0 radical (unpaired) electrons. The average Bonchev–Trinajstić information content (AvgIpc) is 3.31. The summed E-state index contributed by atoms with van der Waals surface area (Å²) in [5.41, 5.74) is 5.37. The predicted molar refractivity (Wildman–Crippen MR) is 101 cm³/mol. The first-order valence-corrected chi connectivity index (χ1v) is 10.2. The number of anilines is 1. The van der Waals surface area contributed by atoms with Gasteiger partial charge in [-0.15, -0.1) is 11.3 Å². The zero-order valence-electron chi connectivity index (χ0n) is 14.5. The molecule has 8 nitrogen and oxygen atoms in total. The van der Waals surface area contributed by atoms with Crippen LogP contribution >= 0.6 is 23.1 Å². The van der Waals surface area contributed by atoms with Crippen molar-refractivity contribution >= 4 is 40.0 Å². The summed E-state index contributed by atoms with van der Waals surface area (Å²) in [6, 6.07) is 0. The van der Waals surface area contributed by atoms with E-state index in [0.717, 1.165) is 23.4 Å². The molecule has 3 N–H and O–H groups in total. The molecule has 4 heterocycles. The third kappa shape index (κ3) is 3.46. The van der Waals surface area contributed by atoms with E-state index < -0.39 is 18.1 Å². The molecule has 144 valence electrons. The second-order valence-electron chi connectivity index (χ2n) is 6.49. The molecule has 1 saturated heterocycles. The van der Waals surface area contributed by atoms with Crippen LogP contribution in [0.1, 0.15) is 34.7 Å². The standard InChI is InChI=1S/C16H18FN5O3S2/c1-8-2-9-5-27-15(18)22-16(9,7-25-8)14-21-11(6-26-14)20-13(23)10-4-24-12(3-17)19-10/h4,6,8-9H,2-3,5,7H2,1H3,(H2,18,22)(H,20,23)/t8-,9-,16?/m0/s1. The van der Waals surface area contributed by atoms with E-state index in [9.17, 15) is 9.18 Å². The van der Waals surface area contributed by atoms with Crippen LogP contribution in [0.15, 0.2) is 21.1 Å². The summed E-state index contributed by atoms with van der Waals surface area (Å²) in [5, 5.41) is 5.67. The highest BCUT2D eigenvalue weighted by Gasteiger charge is 2.49. The van der Waals surface area contributed by atoms with E-state index >= 15 is 0 Å². The quantitative estimate of drug-likeness (QED) is 0.794. The van der Waals surface area contributed by atoms with Crippen molar-refractivity contribution < 1.29 is 18.3 Å². The molecular weight excluding hydrogens is 393 g/mol. The summed E-state index contributed by atoms with van der Waals surface area (Å²) in [4.78, 5) is 25.3. The van der Waals surface area contributed by atoms with Gasteiger partial charge in [-0.1, -0.05) is 11.8 Å². The number of thiazole rings is 1. The molecule has 1 fully saturated rings. The highest BCUT2D eigenvalue weighted by Crippen LogP contribution is 2.46. The van der Waals surface area contributed by atoms with Gasteiger partial charge in [-0.3, -0.25) is 4.79 Å². The van der Waals surface area contributed by atoms with Crippen LogP contribution in [-0.2, 0) is 17.0 Å². The van der Waals surface area contributed by atoms with Crippen LogP contribution in [0.2, 0.25) is 0 Å². The number of hydrogen-bond acceptors (Lipinski definition) is 9. The lowest BCUT2D eigenvalue weighted by Gasteiger charge is -2.44. The second kappa shape index (κ2) is 7.21. The van der Waals surface area contributed by atoms with Gasteiger partial charge in [0.1, 0.15) is 22.6 Å². The first-order valence-electron chi connectivity index (χ1n) is 8.37. The van der Waals surface area contributed by atoms with Crippen molar-refractivity contribution in [3.8, 4) is 0 Å². The van der Waals surface area contributed by atoms with Crippen molar-refractivity contribution in [3.63, 3.8) is 0 Å². The normalized spacial score (nSPS) is 27.7. The zero-order chi connectivity index (χ0) is 19.0. The number of nitrogens with two attached hydrogens (primary N) is 1. The number of nitrogens with zero attached hydrogens (tertiary/aromatic N) is 3. The smallest absolute Gasteiger partial charge is 0.278 e. The number of aliphatic imine (C=N–C) groups is 1. The maximum Gasteiger partial charge on any atom is 0.278 e. The van der Waals surface area contributed by atoms with E-state index in [1.54, 1.807) is 17.1 Å². The van der Waals surface area contributed by atoms with Crippen molar-refractivity contribution in [1.82, 2.24) is 9.97 Å². The highest BCUT2D eigenvalue weighted by atomic mass is 32.2. The zero-order valence-corrected chi connectivity index (χ0v) is 16.1. The fourth-order valence-corrected chi connectivity index (χ4v) is 5.24. The molecule has 11 heteroatoms. The Morgan fingerprint density at radius 3 is 3.15 bits per heavy atom. The number of ether oxygens (including phenoxy) is 1. The molecular formula is C16H18FN5O3S2. The Morgan fingerprint density at radius 2 is 2.37 bits per heavy atom. The Balaban J connectivity index is 1.57. The Kier molecular flexibility index (Phi) is 4.91. The van der Waals surface area contributed by atoms with Crippen LogP contribution in [0.5, 0.6) is 0 Å². The Labute approximate surface area is 162 Å². The van der Waals surface area contributed by atoms with Gasteiger partial charge in [-0.2, -0.15) is 0 Å². The number of aromatic nitrogens is 2. The molecule has 0 saturated carbocycles. The van der Waals surface area contributed by atoms with Crippen molar-refractivity contribution in [2.45, 2.75) is 31.7 Å². The number of fused-ring (bicyclic) bond motifs is 1. The van der Waals surface area contributed by atoms with Crippen molar-refractivity contribution in [1.29, 1.82) is 0 Å². The van der Waals surface area contributed by atoms with Gasteiger partial charge in [0.05, 0.1) is 12.7 Å². The SMILES string of the molecule is C[C@H]1C[C@H]2CSC(N)=NC2(c2nc(NC(=O)c3coc(CF)n3)cs2)CO1. The molecule has 27 heavy (non-hydrogen) atoms. The molecule has 2 aromatic heterocycles. The van der Waals surface area contributed by atoms with Crippen LogP contribution in [-0.4, -0.2) is 39.5 Å². The van der Waals surface area contributed by atoms with Gasteiger partial charge in [-0.25, -0.2) is 19.4 Å². The summed E-state index contributed by atoms with van der Waals surface area (Å²) in [6.07, 6.45) is 2.15. The van der Waals surface area contributed by atoms with E-state index in [0.29, 0.717) is 17.6 Å². The Hall–Kier alpha value is -1.98. The highest BCUT2D eigenvalue weighted by molar-refractivity contribution is 8.13. The third-order valence-electron chi connectivity index (χ3n) is 4.64. The van der Waals surface area contributed by atoms with Gasteiger partial charge < -0.3 is 20.2 Å². The number of carbonyl (C=O) groups excluding carboxylic acids is 1. The molecule has 0 bridgehead atoms. The maximum absolute atomic E-state index is 12.5. The van der Waals surface area contributed by atoms with Gasteiger partial charge in [0, 0.05) is 17.1 Å². The largest absolute Gasteiger partial charge is 0.445 e. The number of amidine groups is 1. The monoisotopic (exact) mass is 411 g/mol. The number of hydrogen-bond donors (Lipinski definition) is 2. The minimum Gasteiger partial charge on any atom is -0.445 e. The summed E-state index contributed by atoms with van der Waals surface area (Å²) in [7, 11) is 0. The lowest BCUT2D eigenvalue weighted by molar-refractivity contribution is -0.0466. The predicted octanol–water partition coefficient (Wildman–Crippen LogP) is 2.53. The molecule has 2 aliphatic rings. The van der Waals surface area contributed by atoms with Crippen LogP contribution in [0, 0.1) is 5.92 Å². The first-order chi connectivity index (χ1) is 13.0. The molecule has 4 rings (SSSR count). The number of amides is 1. The summed E-state index contributed by atoms with van der Waals surface area (Å²) in [6.45, 7) is 1.59. The molecule has 0 aliphatic carbocycles. The number of oxazole rings is 1. The fraction of sp³-hybridized carbons (Fsp3) is 0.500. The lowest BCUT2D eigenvalue weighted by Crippen LogP contribution is -2.49. The Bertz CT molecular complexity index is 885. The van der Waals surface area contributed by atoms with Crippen LogP contribution in [0.3, 0.4) is 0 Å². The van der Waals surface area contributed by atoms with Gasteiger partial charge >= 0.3 is 0 Å². The molecule has 0 aromatic carbocycles. The number of carbonyl (C=O) groups is 1. The van der Waals surface area contributed by atoms with E-state index in [1.165, 1.54) is 11.3 Å². The summed E-state index contributed by atoms with van der Waals surface area (Å²) < 4.78 is 23.2. The molecule has 3 atom stereocenters. The lowest BCUT2D eigenvalue weighted by atomic mass is 9.80. The Morgan fingerprint density at radius 1 is 1.52 bits per heavy atom.